The highest BCUT2D eigenvalue weighted by atomic mass is 15.1. The Morgan fingerprint density at radius 3 is 2.41 bits per heavy atom. The molecule has 0 bridgehead atoms. The van der Waals surface area contributed by atoms with E-state index in [0.717, 1.165) is 5.92 Å². The first-order valence-electron chi connectivity index (χ1n) is 8.64. The van der Waals surface area contributed by atoms with Gasteiger partial charge in [-0.1, -0.05) is 54.1 Å². The molecule has 1 aliphatic rings. The molecule has 1 fully saturated rings. The van der Waals surface area contributed by atoms with Gasteiger partial charge in [-0.3, -0.25) is 0 Å². The van der Waals surface area contributed by atoms with Crippen molar-refractivity contribution in [3.8, 4) is 0 Å². The minimum absolute atomic E-state index is 0.879. The third-order valence-corrected chi connectivity index (χ3v) is 5.12. The second-order valence-corrected chi connectivity index (χ2v) is 6.99. The zero-order valence-electron chi connectivity index (χ0n) is 13.9. The van der Waals surface area contributed by atoms with Crippen LogP contribution in [0.25, 0.3) is 0 Å². The number of nitrogens with one attached hydrogen (secondary N) is 1. The Hall–Kier alpha value is -1.60. The van der Waals surface area contributed by atoms with Gasteiger partial charge in [0.05, 0.1) is 13.1 Å². The average Bonchev–Trinajstić information content (AvgIpc) is 2.54. The zero-order valence-corrected chi connectivity index (χ0v) is 13.9. The van der Waals surface area contributed by atoms with Crippen LogP contribution in [0.1, 0.15) is 35.1 Å². The quantitative estimate of drug-likeness (QED) is 0.882. The molecule has 2 aromatic carbocycles. The number of likely N-dealkylation sites (tertiary alicyclic amines) is 1. The molecule has 0 aliphatic carbocycles. The van der Waals surface area contributed by atoms with E-state index in [1.807, 2.05) is 0 Å². The normalized spacial score (nSPS) is 21.7. The van der Waals surface area contributed by atoms with Crippen LogP contribution in [0.5, 0.6) is 0 Å². The maximum absolute atomic E-state index is 2.37. The maximum atomic E-state index is 2.37. The molecular formula is C21H28N+. The molecule has 116 valence electrons. The van der Waals surface area contributed by atoms with E-state index in [0.29, 0.717) is 0 Å². The first-order valence-corrected chi connectivity index (χ1v) is 8.64. The summed E-state index contributed by atoms with van der Waals surface area (Å²) >= 11 is 0. The highest BCUT2D eigenvalue weighted by Gasteiger charge is 2.22. The molecule has 1 saturated heterocycles. The van der Waals surface area contributed by atoms with E-state index in [1.165, 1.54) is 61.2 Å². The van der Waals surface area contributed by atoms with Gasteiger partial charge in [0, 0.05) is 5.56 Å². The third kappa shape index (κ3) is 3.98. The first kappa shape index (κ1) is 15.3. The van der Waals surface area contributed by atoms with E-state index in [2.05, 4.69) is 62.4 Å². The third-order valence-electron chi connectivity index (χ3n) is 5.12. The number of piperidine rings is 1. The number of rotatable bonds is 4. The largest absolute Gasteiger partial charge is 0.331 e. The average molecular weight is 294 g/mol. The number of hydrogen-bond acceptors (Lipinski definition) is 0. The van der Waals surface area contributed by atoms with Gasteiger partial charge in [-0.05, 0) is 50.2 Å². The second-order valence-electron chi connectivity index (χ2n) is 6.99. The monoisotopic (exact) mass is 294 g/mol. The van der Waals surface area contributed by atoms with Crippen molar-refractivity contribution in [2.24, 2.45) is 5.92 Å². The predicted octanol–water partition coefficient (Wildman–Crippen LogP) is 3.34. The molecule has 1 heterocycles. The molecule has 1 N–H and O–H groups in total. The van der Waals surface area contributed by atoms with Gasteiger partial charge in [0.15, 0.2) is 0 Å². The lowest BCUT2D eigenvalue weighted by Crippen LogP contribution is -3.11. The van der Waals surface area contributed by atoms with E-state index in [9.17, 15) is 0 Å². The highest BCUT2D eigenvalue weighted by Crippen LogP contribution is 2.17. The van der Waals surface area contributed by atoms with Gasteiger partial charge in [-0.25, -0.2) is 0 Å². The van der Waals surface area contributed by atoms with Gasteiger partial charge < -0.3 is 4.90 Å². The Labute approximate surface area is 135 Å². The zero-order chi connectivity index (χ0) is 15.4. The molecule has 0 saturated carbocycles. The predicted molar refractivity (Wildman–Crippen MR) is 93.2 cm³/mol. The van der Waals surface area contributed by atoms with Crippen LogP contribution in [0.15, 0.2) is 48.5 Å². The van der Waals surface area contributed by atoms with E-state index in [4.69, 9.17) is 0 Å². The van der Waals surface area contributed by atoms with Crippen molar-refractivity contribution in [1.29, 1.82) is 0 Å². The second kappa shape index (κ2) is 7.11. The summed E-state index contributed by atoms with van der Waals surface area (Å²) in [6, 6.07) is 17.8. The van der Waals surface area contributed by atoms with E-state index < -0.39 is 0 Å². The summed E-state index contributed by atoms with van der Waals surface area (Å²) < 4.78 is 0. The summed E-state index contributed by atoms with van der Waals surface area (Å²) in [6.45, 7) is 8.29. The number of hydrogen-bond donors (Lipinski definition) is 1. The van der Waals surface area contributed by atoms with Crippen molar-refractivity contribution in [3.05, 3.63) is 70.8 Å². The van der Waals surface area contributed by atoms with Crippen molar-refractivity contribution in [3.63, 3.8) is 0 Å². The molecule has 0 atom stereocenters. The van der Waals surface area contributed by atoms with Crippen LogP contribution in [0, 0.1) is 19.8 Å². The molecule has 3 rings (SSSR count). The van der Waals surface area contributed by atoms with Gasteiger partial charge in [0.25, 0.3) is 0 Å². The van der Waals surface area contributed by atoms with Crippen LogP contribution in [0.4, 0.5) is 0 Å². The summed E-state index contributed by atoms with van der Waals surface area (Å²) in [5.41, 5.74) is 5.88. The van der Waals surface area contributed by atoms with Crippen LogP contribution in [0.2, 0.25) is 0 Å². The fraction of sp³-hybridized carbons (Fsp3) is 0.429. The van der Waals surface area contributed by atoms with Crippen LogP contribution in [-0.2, 0) is 13.0 Å². The van der Waals surface area contributed by atoms with Gasteiger partial charge >= 0.3 is 0 Å². The maximum Gasteiger partial charge on any atom is 0.103 e. The fourth-order valence-electron chi connectivity index (χ4n) is 3.67. The minimum atomic E-state index is 0.879. The molecular weight excluding hydrogens is 266 g/mol. The van der Waals surface area contributed by atoms with Gasteiger partial charge in [-0.15, -0.1) is 0 Å². The van der Waals surface area contributed by atoms with Crippen molar-refractivity contribution in [2.45, 2.75) is 39.7 Å². The van der Waals surface area contributed by atoms with E-state index in [-0.39, 0.29) is 0 Å². The fourth-order valence-corrected chi connectivity index (χ4v) is 3.67. The SMILES string of the molecule is Cc1ccc(C)c(C[NH+]2CCC(Cc3ccccc3)CC2)c1. The minimum Gasteiger partial charge on any atom is -0.331 e. The highest BCUT2D eigenvalue weighted by molar-refractivity contribution is 5.29. The summed E-state index contributed by atoms with van der Waals surface area (Å²) in [5.74, 6) is 0.879. The molecule has 1 aliphatic heterocycles. The summed E-state index contributed by atoms with van der Waals surface area (Å²) in [5, 5.41) is 0. The van der Waals surface area contributed by atoms with E-state index in [1.54, 1.807) is 4.90 Å². The van der Waals surface area contributed by atoms with Crippen molar-refractivity contribution in [1.82, 2.24) is 0 Å². The topological polar surface area (TPSA) is 4.44 Å². The molecule has 0 radical (unpaired) electrons. The molecule has 1 nitrogen and oxygen atoms in total. The van der Waals surface area contributed by atoms with Gasteiger partial charge in [0.2, 0.25) is 0 Å². The number of aryl methyl sites for hydroxylation is 2. The van der Waals surface area contributed by atoms with Crippen LogP contribution < -0.4 is 4.90 Å². The lowest BCUT2D eigenvalue weighted by Gasteiger charge is -2.29. The first-order chi connectivity index (χ1) is 10.7. The molecule has 0 amide bonds. The lowest BCUT2D eigenvalue weighted by atomic mass is 9.90. The standard InChI is InChI=1S/C21H27N/c1-17-8-9-18(2)21(14-17)16-22-12-10-20(11-13-22)15-19-6-4-3-5-7-19/h3-9,14,20H,10-13,15-16H2,1-2H3/p+1. The van der Waals surface area contributed by atoms with Crippen molar-refractivity contribution < 1.29 is 4.90 Å². The number of benzene rings is 2. The summed E-state index contributed by atoms with van der Waals surface area (Å²) in [6.07, 6.45) is 4.00. The lowest BCUT2D eigenvalue weighted by molar-refractivity contribution is -0.919. The van der Waals surface area contributed by atoms with Crippen LogP contribution in [0.3, 0.4) is 0 Å². The molecule has 22 heavy (non-hydrogen) atoms. The van der Waals surface area contributed by atoms with E-state index >= 15 is 0 Å². The Morgan fingerprint density at radius 2 is 1.68 bits per heavy atom. The van der Waals surface area contributed by atoms with Crippen LogP contribution >= 0.6 is 0 Å². The van der Waals surface area contributed by atoms with Crippen molar-refractivity contribution in [2.75, 3.05) is 13.1 Å². The number of quaternary nitrogens is 1. The molecule has 0 aromatic heterocycles. The Kier molecular flexibility index (Phi) is 4.94. The Balaban J connectivity index is 1.52. The summed E-state index contributed by atoms with van der Waals surface area (Å²) in [7, 11) is 0. The van der Waals surface area contributed by atoms with Crippen LogP contribution in [-0.4, -0.2) is 13.1 Å². The van der Waals surface area contributed by atoms with Gasteiger partial charge in [0.1, 0.15) is 6.54 Å². The molecule has 0 unspecified atom stereocenters. The Morgan fingerprint density at radius 1 is 0.955 bits per heavy atom. The molecule has 2 aromatic rings. The molecule has 0 spiro atoms. The smallest absolute Gasteiger partial charge is 0.103 e. The Bertz CT molecular complexity index is 595. The van der Waals surface area contributed by atoms with Gasteiger partial charge in [-0.2, -0.15) is 0 Å². The summed E-state index contributed by atoms with van der Waals surface area (Å²) in [4.78, 5) is 1.76. The molecule has 1 heteroatoms. The van der Waals surface area contributed by atoms with Crippen molar-refractivity contribution >= 4 is 0 Å².